The van der Waals surface area contributed by atoms with E-state index in [4.69, 9.17) is 13.7 Å². The van der Waals surface area contributed by atoms with Gasteiger partial charge in [0.25, 0.3) is 0 Å². The van der Waals surface area contributed by atoms with Crippen LogP contribution in [0.4, 0.5) is 5.95 Å². The molecule has 0 aromatic carbocycles. The molecule has 0 aliphatic rings. The smallest absolute Gasteiger partial charge is 0.223 e. The SMILES string of the molecule is COCCNc1ncc(-c2cc(C)no2)c(-c2ccoc2)n1. The maximum Gasteiger partial charge on any atom is 0.223 e. The van der Waals surface area contributed by atoms with Crippen molar-refractivity contribution in [1.82, 2.24) is 15.1 Å². The number of aryl methyl sites for hydroxylation is 1. The van der Waals surface area contributed by atoms with E-state index < -0.39 is 0 Å². The van der Waals surface area contributed by atoms with Gasteiger partial charge in [0.15, 0.2) is 5.76 Å². The maximum absolute atomic E-state index is 5.33. The van der Waals surface area contributed by atoms with Crippen molar-refractivity contribution in [3.8, 4) is 22.6 Å². The average molecular weight is 300 g/mol. The summed E-state index contributed by atoms with van der Waals surface area (Å²) in [5, 5.41) is 7.02. The molecule has 0 radical (unpaired) electrons. The third kappa shape index (κ3) is 2.99. The lowest BCUT2D eigenvalue weighted by Crippen LogP contribution is -2.10. The molecule has 3 rings (SSSR count). The molecular formula is C15H16N4O3. The van der Waals surface area contributed by atoms with Gasteiger partial charge in [-0.3, -0.25) is 0 Å². The number of nitrogens with zero attached hydrogens (tertiary/aromatic N) is 3. The van der Waals surface area contributed by atoms with E-state index in [2.05, 4.69) is 20.4 Å². The van der Waals surface area contributed by atoms with E-state index in [0.717, 1.165) is 22.5 Å². The number of rotatable bonds is 6. The highest BCUT2D eigenvalue weighted by Crippen LogP contribution is 2.31. The molecule has 0 bridgehead atoms. The second-order valence-corrected chi connectivity index (χ2v) is 4.72. The van der Waals surface area contributed by atoms with Crippen LogP contribution in [0, 0.1) is 6.92 Å². The van der Waals surface area contributed by atoms with Crippen molar-refractivity contribution in [3.63, 3.8) is 0 Å². The summed E-state index contributed by atoms with van der Waals surface area (Å²) >= 11 is 0. The molecule has 0 atom stereocenters. The van der Waals surface area contributed by atoms with Crippen LogP contribution in [0.15, 0.2) is 39.8 Å². The second-order valence-electron chi connectivity index (χ2n) is 4.72. The van der Waals surface area contributed by atoms with Crippen LogP contribution in [0.2, 0.25) is 0 Å². The molecule has 22 heavy (non-hydrogen) atoms. The van der Waals surface area contributed by atoms with Gasteiger partial charge < -0.3 is 19.0 Å². The Morgan fingerprint density at radius 2 is 2.27 bits per heavy atom. The summed E-state index contributed by atoms with van der Waals surface area (Å²) in [4.78, 5) is 8.86. The van der Waals surface area contributed by atoms with Crippen molar-refractivity contribution in [1.29, 1.82) is 0 Å². The molecular weight excluding hydrogens is 284 g/mol. The number of hydrogen-bond acceptors (Lipinski definition) is 7. The average Bonchev–Trinajstić information content (AvgIpc) is 3.19. The highest BCUT2D eigenvalue weighted by molar-refractivity contribution is 5.77. The molecule has 1 N–H and O–H groups in total. The van der Waals surface area contributed by atoms with Gasteiger partial charge in [-0.1, -0.05) is 5.16 Å². The van der Waals surface area contributed by atoms with Crippen molar-refractivity contribution in [2.75, 3.05) is 25.6 Å². The Bertz CT molecular complexity index is 737. The van der Waals surface area contributed by atoms with Gasteiger partial charge in [-0.25, -0.2) is 9.97 Å². The van der Waals surface area contributed by atoms with Crippen LogP contribution in [0.1, 0.15) is 5.69 Å². The topological polar surface area (TPSA) is 86.2 Å². The Morgan fingerprint density at radius 1 is 1.36 bits per heavy atom. The molecule has 7 heteroatoms. The fourth-order valence-electron chi connectivity index (χ4n) is 2.02. The Hall–Kier alpha value is -2.67. The highest BCUT2D eigenvalue weighted by Gasteiger charge is 2.16. The first-order valence-corrected chi connectivity index (χ1v) is 6.84. The van der Waals surface area contributed by atoms with E-state index in [1.165, 1.54) is 0 Å². The number of aromatic nitrogens is 3. The predicted octanol–water partition coefficient (Wildman–Crippen LogP) is 2.76. The first-order valence-electron chi connectivity index (χ1n) is 6.84. The zero-order valence-corrected chi connectivity index (χ0v) is 12.4. The van der Waals surface area contributed by atoms with E-state index in [9.17, 15) is 0 Å². The van der Waals surface area contributed by atoms with E-state index in [-0.39, 0.29) is 0 Å². The molecule has 0 saturated carbocycles. The van der Waals surface area contributed by atoms with Gasteiger partial charge in [0.05, 0.1) is 36.1 Å². The van der Waals surface area contributed by atoms with Crippen LogP contribution in [0.25, 0.3) is 22.6 Å². The van der Waals surface area contributed by atoms with Crippen LogP contribution in [-0.4, -0.2) is 35.4 Å². The molecule has 0 fully saturated rings. The summed E-state index contributed by atoms with van der Waals surface area (Å²) in [6, 6.07) is 3.69. The second kappa shape index (κ2) is 6.40. The minimum Gasteiger partial charge on any atom is -0.472 e. The first-order chi connectivity index (χ1) is 10.8. The summed E-state index contributed by atoms with van der Waals surface area (Å²) < 4.78 is 15.5. The lowest BCUT2D eigenvalue weighted by atomic mass is 10.1. The van der Waals surface area contributed by atoms with E-state index >= 15 is 0 Å². The normalized spacial score (nSPS) is 10.8. The largest absolute Gasteiger partial charge is 0.472 e. The Labute approximate surface area is 127 Å². The Kier molecular flexibility index (Phi) is 4.15. The van der Waals surface area contributed by atoms with Gasteiger partial charge in [0, 0.05) is 31.5 Å². The van der Waals surface area contributed by atoms with Crippen LogP contribution < -0.4 is 5.32 Å². The van der Waals surface area contributed by atoms with E-state index in [0.29, 0.717) is 24.9 Å². The van der Waals surface area contributed by atoms with Gasteiger partial charge >= 0.3 is 0 Å². The Morgan fingerprint density at radius 3 is 2.95 bits per heavy atom. The number of ether oxygens (including phenoxy) is 1. The van der Waals surface area contributed by atoms with Crippen molar-refractivity contribution < 1.29 is 13.7 Å². The molecule has 0 saturated heterocycles. The van der Waals surface area contributed by atoms with E-state index in [1.54, 1.807) is 25.8 Å². The van der Waals surface area contributed by atoms with Crippen molar-refractivity contribution in [3.05, 3.63) is 36.5 Å². The number of hydrogen-bond donors (Lipinski definition) is 1. The molecule has 3 aromatic rings. The predicted molar refractivity (Wildman–Crippen MR) is 80.3 cm³/mol. The van der Waals surface area contributed by atoms with Crippen LogP contribution in [0.3, 0.4) is 0 Å². The lowest BCUT2D eigenvalue weighted by Gasteiger charge is -2.08. The lowest BCUT2D eigenvalue weighted by molar-refractivity contribution is 0.210. The van der Waals surface area contributed by atoms with Gasteiger partial charge in [-0.05, 0) is 13.0 Å². The minimum absolute atomic E-state index is 0.522. The molecule has 7 nitrogen and oxygen atoms in total. The van der Waals surface area contributed by atoms with Crippen LogP contribution in [0.5, 0.6) is 0 Å². The number of anilines is 1. The summed E-state index contributed by atoms with van der Waals surface area (Å²) in [7, 11) is 1.65. The molecule has 114 valence electrons. The fourth-order valence-corrected chi connectivity index (χ4v) is 2.02. The zero-order chi connectivity index (χ0) is 15.4. The quantitative estimate of drug-likeness (QED) is 0.700. The fraction of sp³-hybridized carbons (Fsp3) is 0.267. The zero-order valence-electron chi connectivity index (χ0n) is 12.4. The summed E-state index contributed by atoms with van der Waals surface area (Å²) in [5.41, 5.74) is 3.13. The van der Waals surface area contributed by atoms with Gasteiger partial charge in [-0.2, -0.15) is 0 Å². The summed E-state index contributed by atoms with van der Waals surface area (Å²) in [6.07, 6.45) is 4.95. The molecule has 0 unspecified atom stereocenters. The number of furan rings is 1. The third-order valence-electron chi connectivity index (χ3n) is 3.07. The summed E-state index contributed by atoms with van der Waals surface area (Å²) in [6.45, 7) is 3.07. The van der Waals surface area contributed by atoms with Crippen LogP contribution >= 0.6 is 0 Å². The monoisotopic (exact) mass is 300 g/mol. The molecule has 3 heterocycles. The third-order valence-corrected chi connectivity index (χ3v) is 3.07. The first kappa shape index (κ1) is 14.3. The number of methoxy groups -OCH3 is 1. The van der Waals surface area contributed by atoms with Crippen molar-refractivity contribution >= 4 is 5.95 Å². The molecule has 0 spiro atoms. The highest BCUT2D eigenvalue weighted by atomic mass is 16.5. The molecule has 0 aliphatic carbocycles. The summed E-state index contributed by atoms with van der Waals surface area (Å²) in [5.74, 6) is 1.14. The van der Waals surface area contributed by atoms with Crippen molar-refractivity contribution in [2.45, 2.75) is 6.92 Å². The minimum atomic E-state index is 0.522. The Balaban J connectivity index is 1.99. The van der Waals surface area contributed by atoms with Gasteiger partial charge in [0.1, 0.15) is 0 Å². The molecule has 3 aromatic heterocycles. The number of nitrogens with one attached hydrogen (secondary N) is 1. The van der Waals surface area contributed by atoms with Gasteiger partial charge in [0.2, 0.25) is 5.95 Å². The molecule has 0 aliphatic heterocycles. The van der Waals surface area contributed by atoms with Crippen molar-refractivity contribution in [2.24, 2.45) is 0 Å². The molecule has 0 amide bonds. The maximum atomic E-state index is 5.33. The van der Waals surface area contributed by atoms with Gasteiger partial charge in [-0.15, -0.1) is 0 Å². The van der Waals surface area contributed by atoms with Crippen LogP contribution in [-0.2, 0) is 4.74 Å². The van der Waals surface area contributed by atoms with E-state index in [1.807, 2.05) is 19.1 Å². The standard InChI is InChI=1S/C15H16N4O3/c1-10-7-13(22-19-10)12-8-17-15(16-4-6-20-2)18-14(12)11-3-5-21-9-11/h3,5,7-9H,4,6H2,1-2H3,(H,16,17,18).